The molecule has 6 atom stereocenters. The standard InChI is InChI=1S/2C17H23NO3.C15H21NO2.ClH.H2O4S/c2*1-18-13-7-8-14(18)10-15(9-13)21-17(20)16(11-19)12-5-3-2-4-6-12;1-3-18-14(17)15(9-11-16(2)12-10-15)13-7-5-4-6-8-13;;1-5(2,3)4/h2*2-6,13-16,19H,7-11H2,1H3;4-8H,3,9-12H2,1-2H3;1H;(H2,1,2,3,4). The van der Waals surface area contributed by atoms with Crippen molar-refractivity contribution in [2.75, 3.05) is 54.1 Å². The molecule has 3 aromatic rings. The fourth-order valence-corrected chi connectivity index (χ4v) is 10.0. The fraction of sp³-hybridized carbons (Fsp3) is 0.571. The Balaban J connectivity index is 0.000000205. The predicted molar refractivity (Wildman–Crippen MR) is 253 cm³/mol. The fourth-order valence-electron chi connectivity index (χ4n) is 10.0. The highest BCUT2D eigenvalue weighted by atomic mass is 35.5. The van der Waals surface area contributed by atoms with Crippen LogP contribution >= 0.6 is 12.4 Å². The first-order valence-electron chi connectivity index (χ1n) is 22.8. The van der Waals surface area contributed by atoms with E-state index in [-0.39, 0.29) is 55.7 Å². The number of halogens is 1. The molecule has 5 aliphatic heterocycles. The summed E-state index contributed by atoms with van der Waals surface area (Å²) in [5.74, 6) is -1.79. The highest BCUT2D eigenvalue weighted by molar-refractivity contribution is 7.79. The first-order chi connectivity index (χ1) is 31.1. The van der Waals surface area contributed by atoms with E-state index in [1.807, 2.05) is 97.9 Å². The van der Waals surface area contributed by atoms with E-state index in [1.54, 1.807) is 0 Å². The van der Waals surface area contributed by atoms with Gasteiger partial charge in [-0.3, -0.25) is 23.5 Å². The highest BCUT2D eigenvalue weighted by Gasteiger charge is 2.44. The number of esters is 3. The monoisotopic (exact) mass is 959 g/mol. The number of rotatable bonds is 11. The minimum atomic E-state index is -4.67. The van der Waals surface area contributed by atoms with E-state index in [4.69, 9.17) is 31.7 Å². The van der Waals surface area contributed by atoms with Crippen molar-refractivity contribution in [2.45, 2.75) is 125 Å². The summed E-state index contributed by atoms with van der Waals surface area (Å²) in [7, 11) is 1.77. The van der Waals surface area contributed by atoms with Gasteiger partial charge in [-0.25, -0.2) is 0 Å². The van der Waals surface area contributed by atoms with Crippen LogP contribution in [0.5, 0.6) is 0 Å². The normalized spacial score (nSPS) is 25.3. The minimum Gasteiger partial charge on any atom is -0.465 e. The third kappa shape index (κ3) is 15.3. The lowest BCUT2D eigenvalue weighted by atomic mass is 9.73. The Bertz CT molecular complexity index is 1920. The highest BCUT2D eigenvalue weighted by Crippen LogP contribution is 2.38. The molecule has 5 saturated heterocycles. The van der Waals surface area contributed by atoms with Crippen LogP contribution in [-0.4, -0.2) is 151 Å². The molecule has 5 heterocycles. The van der Waals surface area contributed by atoms with Crippen LogP contribution in [0, 0.1) is 0 Å². The van der Waals surface area contributed by atoms with Crippen LogP contribution in [0.25, 0.3) is 0 Å². The number of aliphatic hydroxyl groups is 2. The number of hydrogen-bond acceptors (Lipinski definition) is 13. The molecule has 5 fully saturated rings. The second kappa shape index (κ2) is 26.0. The number of nitrogens with zero attached hydrogens (tertiary/aromatic N) is 3. The summed E-state index contributed by atoms with van der Waals surface area (Å²) < 4.78 is 48.3. The third-order valence-electron chi connectivity index (χ3n) is 13.8. The zero-order valence-electron chi connectivity index (χ0n) is 38.6. The van der Waals surface area contributed by atoms with Crippen LogP contribution in [0.3, 0.4) is 0 Å². The number of aliphatic hydroxyl groups excluding tert-OH is 2. The van der Waals surface area contributed by atoms with E-state index in [0.29, 0.717) is 30.8 Å². The minimum absolute atomic E-state index is 0. The van der Waals surface area contributed by atoms with Gasteiger partial charge in [-0.1, -0.05) is 91.0 Å². The van der Waals surface area contributed by atoms with E-state index < -0.39 is 27.6 Å². The molecule has 0 aliphatic carbocycles. The SMILES string of the molecule is CCOC(=O)C1(c2ccccc2)CCN(C)CC1.CN1C2CCC1CC(OC(=O)C(CO)c1ccccc1)C2.CN1C2CCC1CC(OC(=O)C(CO)c1ccccc1)C2.Cl.O=S(=O)(O)O. The molecule has 8 rings (SSSR count). The molecule has 4 bridgehead atoms. The van der Waals surface area contributed by atoms with Crippen molar-refractivity contribution in [3.05, 3.63) is 108 Å². The van der Waals surface area contributed by atoms with Crippen molar-refractivity contribution in [3.63, 3.8) is 0 Å². The molecule has 366 valence electrons. The van der Waals surface area contributed by atoms with Crippen molar-refractivity contribution >= 4 is 40.7 Å². The summed E-state index contributed by atoms with van der Waals surface area (Å²) in [5, 5.41) is 19.1. The maximum Gasteiger partial charge on any atom is 0.394 e. The van der Waals surface area contributed by atoms with Crippen LogP contribution in [0.1, 0.15) is 99.7 Å². The zero-order chi connectivity index (χ0) is 47.1. The summed E-state index contributed by atoms with van der Waals surface area (Å²) in [6, 6.07) is 31.0. The number of likely N-dealkylation sites (tertiary alicyclic amines) is 1. The molecular formula is C49H70ClN3O12S. The number of piperidine rings is 3. The molecule has 6 unspecified atom stereocenters. The van der Waals surface area contributed by atoms with E-state index >= 15 is 0 Å². The largest absolute Gasteiger partial charge is 0.465 e. The molecular weight excluding hydrogens is 890 g/mol. The van der Waals surface area contributed by atoms with Gasteiger partial charge in [0.05, 0.1) is 25.2 Å². The third-order valence-corrected chi connectivity index (χ3v) is 13.8. The number of carbonyl (C=O) groups is 3. The predicted octanol–water partition coefficient (Wildman–Crippen LogP) is 5.84. The second-order valence-corrected chi connectivity index (χ2v) is 18.8. The number of ether oxygens (including phenoxy) is 3. The van der Waals surface area contributed by atoms with Crippen molar-refractivity contribution < 1.29 is 56.3 Å². The Morgan fingerprint density at radius 1 is 0.636 bits per heavy atom. The van der Waals surface area contributed by atoms with Gasteiger partial charge < -0.3 is 39.1 Å². The Labute approximate surface area is 396 Å². The van der Waals surface area contributed by atoms with E-state index in [2.05, 4.69) is 35.8 Å². The molecule has 66 heavy (non-hydrogen) atoms. The number of carbonyl (C=O) groups excluding carboxylic acids is 3. The van der Waals surface area contributed by atoms with Crippen molar-refractivity contribution in [2.24, 2.45) is 0 Å². The summed E-state index contributed by atoms with van der Waals surface area (Å²) in [6.07, 6.45) is 10.2. The van der Waals surface area contributed by atoms with Crippen LogP contribution in [0.2, 0.25) is 0 Å². The van der Waals surface area contributed by atoms with Crippen molar-refractivity contribution in [1.82, 2.24) is 14.7 Å². The maximum atomic E-state index is 12.4. The molecule has 0 spiro atoms. The van der Waals surface area contributed by atoms with Gasteiger partial charge in [0.25, 0.3) is 0 Å². The van der Waals surface area contributed by atoms with Gasteiger partial charge in [0, 0.05) is 24.2 Å². The second-order valence-electron chi connectivity index (χ2n) is 17.9. The summed E-state index contributed by atoms with van der Waals surface area (Å²) in [6.45, 7) is 3.78. The first-order valence-corrected chi connectivity index (χ1v) is 24.2. The Morgan fingerprint density at radius 2 is 0.970 bits per heavy atom. The van der Waals surface area contributed by atoms with Crippen LogP contribution < -0.4 is 0 Å². The van der Waals surface area contributed by atoms with Gasteiger partial charge in [-0.15, -0.1) is 12.4 Å². The average molecular weight is 961 g/mol. The Morgan fingerprint density at radius 3 is 1.29 bits per heavy atom. The van der Waals surface area contributed by atoms with Crippen LogP contribution in [0.4, 0.5) is 0 Å². The molecule has 3 aromatic carbocycles. The smallest absolute Gasteiger partial charge is 0.394 e. The van der Waals surface area contributed by atoms with Gasteiger partial charge in [0.1, 0.15) is 24.0 Å². The lowest BCUT2D eigenvalue weighted by molar-refractivity contribution is -0.156. The van der Waals surface area contributed by atoms with Gasteiger partial charge in [-0.05, 0) is 122 Å². The van der Waals surface area contributed by atoms with E-state index in [0.717, 1.165) is 68.3 Å². The van der Waals surface area contributed by atoms with Gasteiger partial charge in [0.2, 0.25) is 0 Å². The molecule has 0 aromatic heterocycles. The first kappa shape index (κ1) is 54.6. The summed E-state index contributed by atoms with van der Waals surface area (Å²) in [4.78, 5) is 44.2. The molecule has 4 N–H and O–H groups in total. The maximum absolute atomic E-state index is 12.4. The van der Waals surface area contributed by atoms with Gasteiger partial charge >= 0.3 is 28.3 Å². The lowest BCUT2D eigenvalue weighted by Crippen LogP contribution is -2.47. The Hall–Kier alpha value is -3.97. The number of hydrogen-bond donors (Lipinski definition) is 4. The Kier molecular flexibility index (Phi) is 21.5. The molecule has 0 saturated carbocycles. The van der Waals surface area contributed by atoms with Gasteiger partial charge in [-0.2, -0.15) is 8.42 Å². The van der Waals surface area contributed by atoms with E-state index in [9.17, 15) is 24.6 Å². The summed E-state index contributed by atoms with van der Waals surface area (Å²) in [5.41, 5.74) is 2.29. The number of fused-ring (bicyclic) bond motifs is 4. The molecule has 17 heteroatoms. The zero-order valence-corrected chi connectivity index (χ0v) is 40.2. The molecule has 0 radical (unpaired) electrons. The van der Waals surface area contributed by atoms with Crippen molar-refractivity contribution in [3.8, 4) is 0 Å². The van der Waals surface area contributed by atoms with E-state index in [1.165, 1.54) is 25.7 Å². The molecule has 15 nitrogen and oxygen atoms in total. The average Bonchev–Trinajstić information content (AvgIpc) is 3.59. The molecule has 0 amide bonds. The quantitative estimate of drug-likeness (QED) is 0.101. The van der Waals surface area contributed by atoms with Crippen LogP contribution in [0.15, 0.2) is 91.0 Å². The molecule has 5 aliphatic rings. The topological polar surface area (TPSA) is 204 Å². The number of benzene rings is 3. The summed E-state index contributed by atoms with van der Waals surface area (Å²) >= 11 is 0. The van der Waals surface area contributed by atoms with Crippen molar-refractivity contribution in [1.29, 1.82) is 0 Å². The van der Waals surface area contributed by atoms with Crippen LogP contribution in [-0.2, 0) is 44.4 Å². The van der Waals surface area contributed by atoms with Gasteiger partial charge in [0.15, 0.2) is 0 Å². The lowest BCUT2D eigenvalue weighted by Gasteiger charge is -2.38.